The van der Waals surface area contributed by atoms with Crippen molar-refractivity contribution in [2.45, 2.75) is 0 Å². The minimum Gasteiger partial charge on any atom is -0.265 e. The lowest BCUT2D eigenvalue weighted by molar-refractivity contribution is 0.865. The van der Waals surface area contributed by atoms with Gasteiger partial charge in [0.25, 0.3) is 0 Å². The molecule has 5 aromatic heterocycles. The molecule has 0 unspecified atom stereocenters. The number of aromatic nitrogens is 10. The van der Waals surface area contributed by atoms with Crippen molar-refractivity contribution in [2.75, 3.05) is 0 Å². The Hall–Kier alpha value is -4.60. The quantitative estimate of drug-likeness (QED) is 0.382. The van der Waals surface area contributed by atoms with E-state index in [1.165, 1.54) is 6.33 Å². The van der Waals surface area contributed by atoms with Gasteiger partial charge in [0, 0.05) is 62.0 Å². The highest BCUT2D eigenvalue weighted by molar-refractivity contribution is 4.88. The van der Waals surface area contributed by atoms with Crippen LogP contribution in [0.5, 0.6) is 0 Å². The molecule has 10 heteroatoms. The first-order chi connectivity index (χ1) is 15.0. The van der Waals surface area contributed by atoms with E-state index in [1.54, 1.807) is 86.5 Å². The van der Waals surface area contributed by atoms with Crippen LogP contribution in [0.3, 0.4) is 0 Å². The zero-order chi connectivity index (χ0) is 21.2. The zero-order valence-electron chi connectivity index (χ0n) is 16.0. The topological polar surface area (TPSA) is 129 Å². The molecular formula is C20H20N10. The number of nitrogens with zero attached hydrogens (tertiary/aromatic N) is 10. The molecule has 0 spiro atoms. The summed E-state index contributed by atoms with van der Waals surface area (Å²) in [7, 11) is 0. The smallest absolute Gasteiger partial charge is 0.115 e. The fraction of sp³-hybridized carbons (Fsp3) is 0. The van der Waals surface area contributed by atoms with E-state index < -0.39 is 0 Å². The molecule has 5 heterocycles. The molecule has 5 aromatic rings. The van der Waals surface area contributed by atoms with E-state index in [2.05, 4.69) is 50.5 Å². The lowest BCUT2D eigenvalue weighted by atomic mass is 10.5. The van der Waals surface area contributed by atoms with Crippen molar-refractivity contribution in [1.82, 2.24) is 50.5 Å². The van der Waals surface area contributed by atoms with Crippen LogP contribution < -0.4 is 0 Å². The molecule has 0 aromatic carbocycles. The van der Waals surface area contributed by atoms with E-state index in [0.29, 0.717) is 0 Å². The molecule has 0 aliphatic heterocycles. The van der Waals surface area contributed by atoms with Crippen molar-refractivity contribution in [2.24, 2.45) is 0 Å². The highest BCUT2D eigenvalue weighted by Crippen LogP contribution is 1.73. The Bertz CT molecular complexity index is 570. The second kappa shape index (κ2) is 20.7. The highest BCUT2D eigenvalue weighted by Gasteiger charge is 1.61. The van der Waals surface area contributed by atoms with Crippen LogP contribution in [-0.2, 0) is 0 Å². The first-order valence-electron chi connectivity index (χ1n) is 8.55. The van der Waals surface area contributed by atoms with Crippen LogP contribution in [0.1, 0.15) is 0 Å². The normalized spacial score (nSPS) is 8.00. The summed E-state index contributed by atoms with van der Waals surface area (Å²) in [6.07, 6.45) is 21.4. The lowest BCUT2D eigenvalue weighted by Gasteiger charge is -1.70. The molecule has 0 radical (unpaired) electrons. The van der Waals surface area contributed by atoms with Crippen molar-refractivity contribution < 1.29 is 0 Å². The van der Waals surface area contributed by atoms with E-state index in [1.807, 2.05) is 30.3 Å². The SMILES string of the molecule is c1ccncc1.c1ccnnc1.c1cnccn1.c1cncnc1.c1cnnnc1. The predicted molar refractivity (Wildman–Crippen MR) is 110 cm³/mol. The number of rotatable bonds is 0. The van der Waals surface area contributed by atoms with Crippen LogP contribution >= 0.6 is 0 Å². The van der Waals surface area contributed by atoms with Crippen LogP contribution in [0.2, 0.25) is 0 Å². The van der Waals surface area contributed by atoms with Gasteiger partial charge in [-0.15, -0.1) is 10.2 Å². The molecule has 0 N–H and O–H groups in total. The first-order valence-corrected chi connectivity index (χ1v) is 8.55. The number of hydrogen-bond acceptors (Lipinski definition) is 10. The third-order valence-electron chi connectivity index (χ3n) is 2.41. The number of hydrogen-bond donors (Lipinski definition) is 0. The molecule has 30 heavy (non-hydrogen) atoms. The van der Waals surface area contributed by atoms with Crippen LogP contribution in [0.25, 0.3) is 0 Å². The van der Waals surface area contributed by atoms with Crippen molar-refractivity contribution in [3.63, 3.8) is 0 Å². The molecule has 0 atom stereocenters. The second-order valence-electron chi connectivity index (χ2n) is 4.55. The highest BCUT2D eigenvalue weighted by atomic mass is 15.3. The minimum absolute atomic E-state index is 1.50. The molecule has 0 bridgehead atoms. The van der Waals surface area contributed by atoms with Crippen LogP contribution in [-0.4, -0.2) is 50.5 Å². The predicted octanol–water partition coefficient (Wildman–Crippen LogP) is 2.38. The summed E-state index contributed by atoms with van der Waals surface area (Å²) in [5.41, 5.74) is 0. The Kier molecular flexibility index (Phi) is 16.2. The average Bonchev–Trinajstić information content (AvgIpc) is 2.91. The third-order valence-corrected chi connectivity index (χ3v) is 2.41. The third kappa shape index (κ3) is 18.2. The Morgan fingerprint density at radius 2 is 0.667 bits per heavy atom. The molecule has 0 amide bonds. The molecule has 0 saturated carbocycles. The van der Waals surface area contributed by atoms with Crippen molar-refractivity contribution in [3.8, 4) is 0 Å². The average molecular weight is 400 g/mol. The Morgan fingerprint density at radius 1 is 0.267 bits per heavy atom. The van der Waals surface area contributed by atoms with Gasteiger partial charge in [-0.3, -0.25) is 15.0 Å². The molecule has 0 saturated heterocycles. The fourth-order valence-electron chi connectivity index (χ4n) is 1.28. The lowest BCUT2D eigenvalue weighted by Crippen LogP contribution is -1.78. The van der Waals surface area contributed by atoms with Crippen molar-refractivity contribution >= 4 is 0 Å². The van der Waals surface area contributed by atoms with Crippen LogP contribution in [0.4, 0.5) is 0 Å². The minimum atomic E-state index is 1.50. The molecule has 10 nitrogen and oxygen atoms in total. The summed E-state index contributed by atoms with van der Waals surface area (Å²) in [4.78, 5) is 18.6. The summed E-state index contributed by atoms with van der Waals surface area (Å²) >= 11 is 0. The maximum atomic E-state index is 3.78. The Morgan fingerprint density at radius 3 is 0.833 bits per heavy atom. The fourth-order valence-corrected chi connectivity index (χ4v) is 1.28. The molecule has 5 rings (SSSR count). The summed E-state index contributed by atoms with van der Waals surface area (Å²) in [5.74, 6) is 0. The molecular weight excluding hydrogens is 380 g/mol. The van der Waals surface area contributed by atoms with Gasteiger partial charge in [0.1, 0.15) is 6.33 Å². The molecule has 0 fully saturated rings. The summed E-state index contributed by atoms with van der Waals surface area (Å²) in [6.45, 7) is 0. The van der Waals surface area contributed by atoms with E-state index >= 15 is 0 Å². The van der Waals surface area contributed by atoms with Gasteiger partial charge < -0.3 is 0 Å². The van der Waals surface area contributed by atoms with E-state index in [-0.39, 0.29) is 0 Å². The van der Waals surface area contributed by atoms with E-state index in [4.69, 9.17) is 0 Å². The van der Waals surface area contributed by atoms with E-state index in [0.717, 1.165) is 0 Å². The summed E-state index contributed by atoms with van der Waals surface area (Å²) < 4.78 is 0. The largest absolute Gasteiger partial charge is 0.265 e. The van der Waals surface area contributed by atoms with Gasteiger partial charge in [0.05, 0.1) is 12.4 Å². The van der Waals surface area contributed by atoms with Gasteiger partial charge in [0.15, 0.2) is 0 Å². The maximum Gasteiger partial charge on any atom is 0.115 e. The summed E-state index contributed by atoms with van der Waals surface area (Å²) in [5, 5.41) is 17.2. The zero-order valence-corrected chi connectivity index (χ0v) is 16.0. The van der Waals surface area contributed by atoms with Gasteiger partial charge in [-0.1, -0.05) is 6.07 Å². The molecule has 0 aliphatic carbocycles. The Balaban J connectivity index is 0.000000187. The van der Waals surface area contributed by atoms with Crippen LogP contribution in [0, 0.1) is 0 Å². The maximum absolute atomic E-state index is 3.78. The monoisotopic (exact) mass is 400 g/mol. The van der Waals surface area contributed by atoms with Crippen LogP contribution in [0.15, 0.2) is 123 Å². The van der Waals surface area contributed by atoms with Gasteiger partial charge in [0.2, 0.25) is 0 Å². The van der Waals surface area contributed by atoms with Crippen molar-refractivity contribution in [1.29, 1.82) is 0 Å². The van der Waals surface area contributed by atoms with Gasteiger partial charge >= 0.3 is 0 Å². The van der Waals surface area contributed by atoms with E-state index in [9.17, 15) is 0 Å². The van der Waals surface area contributed by atoms with Crippen molar-refractivity contribution in [3.05, 3.63) is 123 Å². The van der Waals surface area contributed by atoms with Gasteiger partial charge in [-0.2, -0.15) is 10.2 Å². The summed E-state index contributed by atoms with van der Waals surface area (Å²) in [6, 6.07) is 12.9. The molecule has 0 aliphatic rings. The standard InChI is InChI=1S/C5H5N.3C4H4N2.C3H3N3/c1-2-4-6-5-3-1;1-2-6-4-3-5-1;1-2-5-4-6-3-1;2*1-2-4-6-5-3-1/h1-5H;3*1-4H;1-3H. The molecule has 150 valence electrons. The number of pyridine rings is 1. The second-order valence-corrected chi connectivity index (χ2v) is 4.55. The van der Waals surface area contributed by atoms with Gasteiger partial charge in [-0.25, -0.2) is 9.97 Å². The van der Waals surface area contributed by atoms with Gasteiger partial charge in [-0.05, 0) is 41.6 Å². The first kappa shape index (κ1) is 23.4. The Labute approximate surface area is 174 Å².